The summed E-state index contributed by atoms with van der Waals surface area (Å²) in [6.07, 6.45) is 0.512. The van der Waals surface area contributed by atoms with Crippen molar-refractivity contribution in [2.75, 3.05) is 7.05 Å². The number of hydrogen-bond acceptors (Lipinski definition) is 2. The van der Waals surface area contributed by atoms with Gasteiger partial charge >= 0.3 is 0 Å². The number of carbonyl (C=O) groups excluding carboxylic acids is 1. The van der Waals surface area contributed by atoms with Gasteiger partial charge in [-0.25, -0.2) is 0 Å². The predicted molar refractivity (Wildman–Crippen MR) is 34.8 cm³/mol. The lowest BCUT2D eigenvalue weighted by Gasteiger charge is -2.16. The molecule has 3 heteroatoms. The second-order valence-electron chi connectivity index (χ2n) is 2.61. The van der Waals surface area contributed by atoms with E-state index in [2.05, 4.69) is 0 Å². The van der Waals surface area contributed by atoms with Crippen LogP contribution in [0.3, 0.4) is 0 Å². The van der Waals surface area contributed by atoms with Gasteiger partial charge in [-0.3, -0.25) is 4.79 Å². The first-order valence-corrected chi connectivity index (χ1v) is 3.14. The van der Waals surface area contributed by atoms with Crippen LogP contribution in [0.15, 0.2) is 0 Å². The fraction of sp³-hybridized carbons (Fsp3) is 0.833. The van der Waals surface area contributed by atoms with Gasteiger partial charge in [0.25, 0.3) is 0 Å². The van der Waals surface area contributed by atoms with E-state index in [1.807, 2.05) is 6.92 Å². The zero-order chi connectivity index (χ0) is 7.02. The Hall–Kier alpha value is -0.570. The number of nitrogens with two attached hydrogens (primary N) is 1. The SMILES string of the molecule is CC1C(N)CC(=O)N1C. The summed E-state index contributed by atoms with van der Waals surface area (Å²) < 4.78 is 0. The van der Waals surface area contributed by atoms with Crippen LogP contribution in [0, 0.1) is 0 Å². The Kier molecular flexibility index (Phi) is 1.45. The molecular formula is C6H12N2O. The molecule has 0 saturated carbocycles. The lowest BCUT2D eigenvalue weighted by molar-refractivity contribution is -0.127. The molecule has 0 spiro atoms. The molecule has 1 heterocycles. The molecule has 0 aromatic heterocycles. The minimum Gasteiger partial charge on any atom is -0.341 e. The van der Waals surface area contributed by atoms with Gasteiger partial charge in [-0.15, -0.1) is 0 Å². The highest BCUT2D eigenvalue weighted by atomic mass is 16.2. The number of rotatable bonds is 0. The summed E-state index contributed by atoms with van der Waals surface area (Å²) in [5, 5.41) is 0. The maximum atomic E-state index is 10.8. The van der Waals surface area contributed by atoms with Gasteiger partial charge in [0.15, 0.2) is 0 Å². The van der Waals surface area contributed by atoms with E-state index in [0.717, 1.165) is 0 Å². The fourth-order valence-electron chi connectivity index (χ4n) is 1.03. The van der Waals surface area contributed by atoms with Crippen molar-refractivity contribution < 1.29 is 4.79 Å². The van der Waals surface area contributed by atoms with Gasteiger partial charge in [0.2, 0.25) is 5.91 Å². The average molecular weight is 128 g/mol. The Morgan fingerprint density at radius 3 is 2.44 bits per heavy atom. The monoisotopic (exact) mass is 128 g/mol. The van der Waals surface area contributed by atoms with E-state index >= 15 is 0 Å². The van der Waals surface area contributed by atoms with Crippen LogP contribution in [-0.4, -0.2) is 29.9 Å². The van der Waals surface area contributed by atoms with Gasteiger partial charge in [-0.2, -0.15) is 0 Å². The summed E-state index contributed by atoms with van der Waals surface area (Å²) >= 11 is 0. The maximum Gasteiger partial charge on any atom is 0.224 e. The molecule has 2 atom stereocenters. The van der Waals surface area contributed by atoms with Crippen LogP contribution in [0.4, 0.5) is 0 Å². The topological polar surface area (TPSA) is 46.3 Å². The molecule has 1 rings (SSSR count). The smallest absolute Gasteiger partial charge is 0.224 e. The van der Waals surface area contributed by atoms with Gasteiger partial charge in [0, 0.05) is 25.6 Å². The van der Waals surface area contributed by atoms with Gasteiger partial charge < -0.3 is 10.6 Å². The maximum absolute atomic E-state index is 10.8. The second-order valence-corrected chi connectivity index (χ2v) is 2.61. The molecule has 1 amide bonds. The Morgan fingerprint density at radius 1 is 1.78 bits per heavy atom. The van der Waals surface area contributed by atoms with Crippen molar-refractivity contribution in [2.45, 2.75) is 25.4 Å². The van der Waals surface area contributed by atoms with Gasteiger partial charge in [0.1, 0.15) is 0 Å². The number of hydrogen-bond donors (Lipinski definition) is 1. The first-order valence-electron chi connectivity index (χ1n) is 3.14. The number of likely N-dealkylation sites (tertiary alicyclic amines) is 1. The Bertz CT molecular complexity index is 135. The molecule has 2 unspecified atom stereocenters. The normalized spacial score (nSPS) is 35.9. The second kappa shape index (κ2) is 1.99. The average Bonchev–Trinajstić information content (AvgIpc) is 1.98. The zero-order valence-electron chi connectivity index (χ0n) is 5.79. The molecule has 2 N–H and O–H groups in total. The predicted octanol–water partition coefficient (Wildman–Crippen LogP) is -0.436. The molecule has 0 aliphatic carbocycles. The van der Waals surface area contributed by atoms with Crippen molar-refractivity contribution >= 4 is 5.91 Å². The molecule has 0 radical (unpaired) electrons. The van der Waals surface area contributed by atoms with Crippen LogP contribution < -0.4 is 5.73 Å². The quantitative estimate of drug-likeness (QED) is 0.481. The van der Waals surface area contributed by atoms with Crippen LogP contribution in [0.25, 0.3) is 0 Å². The molecule has 9 heavy (non-hydrogen) atoms. The Balaban J connectivity index is 2.65. The van der Waals surface area contributed by atoms with E-state index in [4.69, 9.17) is 5.73 Å². The van der Waals surface area contributed by atoms with E-state index in [-0.39, 0.29) is 18.0 Å². The molecule has 1 aliphatic heterocycles. The third-order valence-corrected chi connectivity index (χ3v) is 2.03. The molecule has 0 aromatic carbocycles. The lowest BCUT2D eigenvalue weighted by atomic mass is 10.2. The fourth-order valence-corrected chi connectivity index (χ4v) is 1.03. The van der Waals surface area contributed by atoms with Crippen LogP contribution >= 0.6 is 0 Å². The Morgan fingerprint density at radius 2 is 2.33 bits per heavy atom. The van der Waals surface area contributed by atoms with E-state index in [0.29, 0.717) is 6.42 Å². The first-order chi connectivity index (χ1) is 4.13. The number of nitrogens with zero attached hydrogens (tertiary/aromatic N) is 1. The first kappa shape index (κ1) is 6.55. The third kappa shape index (κ3) is 0.920. The van der Waals surface area contributed by atoms with Crippen LogP contribution in [0.5, 0.6) is 0 Å². The van der Waals surface area contributed by atoms with E-state index in [1.165, 1.54) is 0 Å². The van der Waals surface area contributed by atoms with E-state index in [9.17, 15) is 4.79 Å². The highest BCUT2D eigenvalue weighted by molar-refractivity contribution is 5.79. The van der Waals surface area contributed by atoms with Crippen molar-refractivity contribution in [1.29, 1.82) is 0 Å². The van der Waals surface area contributed by atoms with Crippen molar-refractivity contribution in [3.05, 3.63) is 0 Å². The Labute approximate surface area is 54.8 Å². The van der Waals surface area contributed by atoms with E-state index in [1.54, 1.807) is 11.9 Å². The summed E-state index contributed by atoms with van der Waals surface area (Å²) in [6, 6.07) is 0.264. The summed E-state index contributed by atoms with van der Waals surface area (Å²) in [5.41, 5.74) is 5.60. The molecular weight excluding hydrogens is 116 g/mol. The lowest BCUT2D eigenvalue weighted by Crippen LogP contribution is -2.35. The molecule has 1 saturated heterocycles. The van der Waals surface area contributed by atoms with E-state index < -0.39 is 0 Å². The van der Waals surface area contributed by atoms with Crippen molar-refractivity contribution in [3.63, 3.8) is 0 Å². The van der Waals surface area contributed by atoms with Crippen molar-refractivity contribution in [2.24, 2.45) is 5.73 Å². The minimum absolute atomic E-state index is 0.0440. The molecule has 52 valence electrons. The molecule has 0 bridgehead atoms. The summed E-state index contributed by atoms with van der Waals surface area (Å²) in [4.78, 5) is 12.5. The molecule has 1 fully saturated rings. The summed E-state index contributed by atoms with van der Waals surface area (Å²) in [5.74, 6) is 0.162. The highest BCUT2D eigenvalue weighted by Crippen LogP contribution is 2.13. The number of likely N-dealkylation sites (N-methyl/N-ethyl adjacent to an activating group) is 1. The highest BCUT2D eigenvalue weighted by Gasteiger charge is 2.30. The van der Waals surface area contributed by atoms with Crippen molar-refractivity contribution in [3.8, 4) is 0 Å². The molecule has 3 nitrogen and oxygen atoms in total. The minimum atomic E-state index is 0.0440. The number of carbonyl (C=O) groups is 1. The van der Waals surface area contributed by atoms with Crippen LogP contribution in [-0.2, 0) is 4.79 Å². The standard InChI is InChI=1S/C6H12N2O/c1-4-5(7)3-6(9)8(4)2/h4-5H,3,7H2,1-2H3. The van der Waals surface area contributed by atoms with Gasteiger partial charge in [0.05, 0.1) is 0 Å². The third-order valence-electron chi connectivity index (χ3n) is 2.03. The van der Waals surface area contributed by atoms with Crippen LogP contribution in [0.1, 0.15) is 13.3 Å². The molecule has 0 aromatic rings. The summed E-state index contributed by atoms with van der Waals surface area (Å²) in [6.45, 7) is 1.97. The largest absolute Gasteiger partial charge is 0.341 e. The summed E-state index contributed by atoms with van der Waals surface area (Å²) in [7, 11) is 1.79. The van der Waals surface area contributed by atoms with Crippen molar-refractivity contribution in [1.82, 2.24) is 4.90 Å². The van der Waals surface area contributed by atoms with Crippen LogP contribution in [0.2, 0.25) is 0 Å². The zero-order valence-corrected chi connectivity index (χ0v) is 5.79. The van der Waals surface area contributed by atoms with Gasteiger partial charge in [-0.1, -0.05) is 0 Å². The number of amides is 1. The van der Waals surface area contributed by atoms with Gasteiger partial charge in [-0.05, 0) is 6.92 Å². The molecule has 1 aliphatic rings.